The van der Waals surface area contributed by atoms with Gasteiger partial charge in [-0.1, -0.05) is 13.8 Å². The molecule has 1 N–H and O–H groups in total. The number of hydrogen-bond acceptors (Lipinski definition) is 5. The summed E-state index contributed by atoms with van der Waals surface area (Å²) < 4.78 is 23.5. The molecule has 4 aromatic rings. The molecule has 1 saturated carbocycles. The number of aromatic nitrogens is 5. The molecule has 0 amide bonds. The van der Waals surface area contributed by atoms with E-state index < -0.39 is 0 Å². The summed E-state index contributed by atoms with van der Waals surface area (Å²) in [5, 5.41) is 5.01. The molecular formula is C27H33FN6O. The Morgan fingerprint density at radius 2 is 1.89 bits per heavy atom. The lowest BCUT2D eigenvalue weighted by atomic mass is 9.82. The number of ether oxygens (including phenoxy) is 1. The zero-order valence-electron chi connectivity index (χ0n) is 20.7. The van der Waals surface area contributed by atoms with Crippen LogP contribution in [0.2, 0.25) is 0 Å². The van der Waals surface area contributed by atoms with Crippen LogP contribution in [-0.2, 0) is 4.74 Å². The van der Waals surface area contributed by atoms with Crippen LogP contribution in [0.1, 0.15) is 68.2 Å². The minimum Gasteiger partial charge on any atom is -0.379 e. The van der Waals surface area contributed by atoms with Gasteiger partial charge < -0.3 is 9.72 Å². The number of halogens is 1. The van der Waals surface area contributed by atoms with Gasteiger partial charge in [-0.2, -0.15) is 5.10 Å². The summed E-state index contributed by atoms with van der Waals surface area (Å²) in [6, 6.07) is 2.68. The third-order valence-electron chi connectivity index (χ3n) is 7.92. The summed E-state index contributed by atoms with van der Waals surface area (Å²) in [4.78, 5) is 15.0. The topological polar surface area (TPSA) is 71.3 Å². The van der Waals surface area contributed by atoms with Gasteiger partial charge >= 0.3 is 0 Å². The van der Waals surface area contributed by atoms with Gasteiger partial charge in [0, 0.05) is 42.2 Å². The number of morpholine rings is 1. The minimum absolute atomic E-state index is 0.146. The maximum atomic E-state index is 16.2. The van der Waals surface area contributed by atoms with Crippen molar-refractivity contribution in [1.29, 1.82) is 0 Å². The molecule has 1 aliphatic heterocycles. The van der Waals surface area contributed by atoms with E-state index in [0.717, 1.165) is 85.5 Å². The van der Waals surface area contributed by atoms with Crippen LogP contribution in [0.15, 0.2) is 24.8 Å². The molecule has 0 bridgehead atoms. The van der Waals surface area contributed by atoms with Crippen LogP contribution in [0.4, 0.5) is 4.39 Å². The quantitative estimate of drug-likeness (QED) is 0.438. The van der Waals surface area contributed by atoms with Crippen LogP contribution >= 0.6 is 0 Å². The molecule has 0 unspecified atom stereocenters. The summed E-state index contributed by atoms with van der Waals surface area (Å²) in [5.74, 6) is 0.165. The van der Waals surface area contributed by atoms with Crippen molar-refractivity contribution in [3.63, 3.8) is 0 Å². The van der Waals surface area contributed by atoms with E-state index in [-0.39, 0.29) is 17.7 Å². The van der Waals surface area contributed by atoms with Crippen LogP contribution in [0.5, 0.6) is 0 Å². The lowest BCUT2D eigenvalue weighted by Gasteiger charge is -2.38. The highest BCUT2D eigenvalue weighted by Crippen LogP contribution is 2.41. The third kappa shape index (κ3) is 3.93. The van der Waals surface area contributed by atoms with Crippen molar-refractivity contribution in [2.24, 2.45) is 0 Å². The second-order valence-corrected chi connectivity index (χ2v) is 10.4. The Bertz CT molecular complexity index is 1360. The molecule has 6 rings (SSSR count). The van der Waals surface area contributed by atoms with Gasteiger partial charge in [-0.3, -0.25) is 9.88 Å². The van der Waals surface area contributed by atoms with E-state index in [1.54, 1.807) is 10.8 Å². The minimum atomic E-state index is -0.151. The second kappa shape index (κ2) is 8.99. The maximum absolute atomic E-state index is 16.2. The molecule has 2 aliphatic rings. The number of aryl methyl sites for hydroxylation is 1. The van der Waals surface area contributed by atoms with Crippen LogP contribution in [0.3, 0.4) is 0 Å². The third-order valence-corrected chi connectivity index (χ3v) is 7.92. The second-order valence-electron chi connectivity index (χ2n) is 10.4. The molecule has 35 heavy (non-hydrogen) atoms. The number of H-pyrrole nitrogens is 1. The van der Waals surface area contributed by atoms with Gasteiger partial charge in [0.1, 0.15) is 6.33 Å². The molecule has 1 saturated heterocycles. The first-order valence-electron chi connectivity index (χ1n) is 12.8. The Labute approximate surface area is 204 Å². The van der Waals surface area contributed by atoms with Crippen molar-refractivity contribution in [3.8, 4) is 11.3 Å². The van der Waals surface area contributed by atoms with Crippen LogP contribution in [-0.4, -0.2) is 61.8 Å². The van der Waals surface area contributed by atoms with Crippen LogP contribution in [0, 0.1) is 12.7 Å². The Kier molecular flexibility index (Phi) is 5.81. The lowest BCUT2D eigenvalue weighted by molar-refractivity contribution is 0.00714. The number of aromatic amines is 1. The molecule has 5 heterocycles. The number of nitrogens with one attached hydrogen (secondary N) is 1. The maximum Gasteiger partial charge on any atom is 0.158 e. The molecule has 1 aliphatic carbocycles. The van der Waals surface area contributed by atoms with Gasteiger partial charge in [0.15, 0.2) is 11.5 Å². The Hall–Kier alpha value is -2.84. The van der Waals surface area contributed by atoms with Crippen molar-refractivity contribution in [2.45, 2.75) is 64.3 Å². The zero-order chi connectivity index (χ0) is 24.1. The van der Waals surface area contributed by atoms with E-state index >= 15 is 4.39 Å². The van der Waals surface area contributed by atoms with Gasteiger partial charge in [-0.25, -0.2) is 13.9 Å². The lowest BCUT2D eigenvalue weighted by Crippen LogP contribution is -2.44. The number of fused-ring (bicyclic) bond motifs is 2. The van der Waals surface area contributed by atoms with Crippen molar-refractivity contribution in [2.75, 3.05) is 26.3 Å². The highest BCUT2D eigenvalue weighted by Gasteiger charge is 2.31. The van der Waals surface area contributed by atoms with Gasteiger partial charge in [-0.05, 0) is 55.7 Å². The Morgan fingerprint density at radius 1 is 1.11 bits per heavy atom. The molecule has 7 nitrogen and oxygen atoms in total. The van der Waals surface area contributed by atoms with E-state index in [9.17, 15) is 0 Å². The first-order valence-corrected chi connectivity index (χ1v) is 12.8. The van der Waals surface area contributed by atoms with E-state index in [4.69, 9.17) is 4.74 Å². The molecule has 0 radical (unpaired) electrons. The molecule has 8 heteroatoms. The molecule has 0 spiro atoms. The summed E-state index contributed by atoms with van der Waals surface area (Å²) in [5.41, 5.74) is 6.17. The van der Waals surface area contributed by atoms with Crippen molar-refractivity contribution >= 4 is 16.6 Å². The zero-order valence-corrected chi connectivity index (χ0v) is 20.7. The first kappa shape index (κ1) is 22.6. The predicted molar refractivity (Wildman–Crippen MR) is 134 cm³/mol. The standard InChI is InChI=1S/C27H33FN6O/c1-16(2)22-23-21(32-25(22)19-12-17(3)27-30-15-31-34(27)14-19)13-29-26(24(23)28)18-4-6-20(7-5-18)33-8-10-35-11-9-33/h12-16,18,20,32H,4-11H2,1-3H3. The van der Waals surface area contributed by atoms with E-state index in [2.05, 4.69) is 44.9 Å². The Morgan fingerprint density at radius 3 is 2.63 bits per heavy atom. The molecule has 4 aromatic heterocycles. The molecule has 0 aromatic carbocycles. The fourth-order valence-corrected chi connectivity index (χ4v) is 6.16. The van der Waals surface area contributed by atoms with Gasteiger partial charge in [0.05, 0.1) is 36.3 Å². The number of pyridine rings is 2. The predicted octanol–water partition coefficient (Wildman–Crippen LogP) is 5.20. The largest absolute Gasteiger partial charge is 0.379 e. The SMILES string of the molecule is Cc1cc(-c2[nH]c3cnc(C4CCC(N5CCOCC5)CC4)c(F)c3c2C(C)C)cn2ncnc12. The van der Waals surface area contributed by atoms with Gasteiger partial charge in [-0.15, -0.1) is 0 Å². The average molecular weight is 477 g/mol. The molecule has 0 atom stereocenters. The fourth-order valence-electron chi connectivity index (χ4n) is 6.16. The van der Waals surface area contributed by atoms with Crippen LogP contribution < -0.4 is 0 Å². The van der Waals surface area contributed by atoms with Crippen LogP contribution in [0.25, 0.3) is 27.8 Å². The number of rotatable bonds is 4. The molecule has 2 fully saturated rings. The summed E-state index contributed by atoms with van der Waals surface area (Å²) in [6.45, 7) is 9.95. The van der Waals surface area contributed by atoms with E-state index in [0.29, 0.717) is 17.1 Å². The smallest absolute Gasteiger partial charge is 0.158 e. The monoisotopic (exact) mass is 476 g/mol. The highest BCUT2D eigenvalue weighted by molar-refractivity contribution is 5.92. The first-order chi connectivity index (χ1) is 17.0. The number of hydrogen-bond donors (Lipinski definition) is 1. The Balaban J connectivity index is 1.36. The highest BCUT2D eigenvalue weighted by atomic mass is 19.1. The number of nitrogens with zero attached hydrogens (tertiary/aromatic N) is 5. The normalized spacial score (nSPS) is 22.0. The summed E-state index contributed by atoms with van der Waals surface area (Å²) in [7, 11) is 0. The fraction of sp³-hybridized carbons (Fsp3) is 0.519. The van der Waals surface area contributed by atoms with Crippen molar-refractivity contribution in [3.05, 3.63) is 47.4 Å². The average Bonchev–Trinajstić information content (AvgIpc) is 3.51. The van der Waals surface area contributed by atoms with Gasteiger partial charge in [0.2, 0.25) is 0 Å². The molecule has 184 valence electrons. The van der Waals surface area contributed by atoms with Crippen molar-refractivity contribution < 1.29 is 9.13 Å². The van der Waals surface area contributed by atoms with Crippen molar-refractivity contribution in [1.82, 2.24) is 29.5 Å². The summed E-state index contributed by atoms with van der Waals surface area (Å²) in [6.07, 6.45) is 9.50. The summed E-state index contributed by atoms with van der Waals surface area (Å²) >= 11 is 0. The van der Waals surface area contributed by atoms with E-state index in [1.807, 2.05) is 19.3 Å². The molecular weight excluding hydrogens is 443 g/mol. The van der Waals surface area contributed by atoms with Gasteiger partial charge in [0.25, 0.3) is 0 Å². The van der Waals surface area contributed by atoms with E-state index in [1.165, 1.54) is 0 Å².